The minimum absolute atomic E-state index is 0.0770. The van der Waals surface area contributed by atoms with E-state index in [9.17, 15) is 0 Å². The largest absolute Gasteiger partial charge is 0.379 e. The van der Waals surface area contributed by atoms with Crippen LogP contribution >= 0.6 is 12.2 Å². The molecule has 5 nitrogen and oxygen atoms in total. The smallest absolute Gasteiger partial charge is 0.179 e. The number of aromatic amines is 1. The number of ether oxygens (including phenoxy) is 1. The predicted octanol–water partition coefficient (Wildman–Crippen LogP) is 2.52. The molecule has 1 fully saturated rings. The van der Waals surface area contributed by atoms with Crippen LogP contribution in [-0.2, 0) is 23.7 Å². The molecule has 3 rings (SSSR count). The number of nitrogens with one attached hydrogen (secondary N) is 1. The SMILES string of the molecule is CCc1nn(C)c2c1[nH]c(=S)n2C1(C)CCCOC1. The van der Waals surface area contributed by atoms with E-state index in [0.29, 0.717) is 6.61 Å². The van der Waals surface area contributed by atoms with Crippen molar-refractivity contribution in [2.24, 2.45) is 7.05 Å². The topological polar surface area (TPSA) is 47.8 Å². The lowest BCUT2D eigenvalue weighted by molar-refractivity contribution is 0.0103. The van der Waals surface area contributed by atoms with Crippen LogP contribution in [0.15, 0.2) is 0 Å². The van der Waals surface area contributed by atoms with E-state index in [1.807, 2.05) is 11.7 Å². The molecule has 3 heterocycles. The summed E-state index contributed by atoms with van der Waals surface area (Å²) >= 11 is 5.54. The molecule has 0 aliphatic carbocycles. The zero-order chi connectivity index (χ0) is 13.6. The molecular formula is C13H20N4OS. The highest BCUT2D eigenvalue weighted by Gasteiger charge is 2.33. The molecule has 0 bridgehead atoms. The molecule has 0 spiro atoms. The molecule has 0 radical (unpaired) electrons. The summed E-state index contributed by atoms with van der Waals surface area (Å²) in [4.78, 5) is 3.33. The van der Waals surface area contributed by atoms with E-state index in [1.165, 1.54) is 0 Å². The van der Waals surface area contributed by atoms with Gasteiger partial charge < -0.3 is 9.72 Å². The van der Waals surface area contributed by atoms with E-state index in [4.69, 9.17) is 17.0 Å². The van der Waals surface area contributed by atoms with Gasteiger partial charge in [-0.15, -0.1) is 0 Å². The molecule has 6 heteroatoms. The number of hydrogen-bond donors (Lipinski definition) is 1. The van der Waals surface area contributed by atoms with Gasteiger partial charge in [0, 0.05) is 13.7 Å². The van der Waals surface area contributed by atoms with E-state index in [2.05, 4.69) is 28.5 Å². The van der Waals surface area contributed by atoms with E-state index >= 15 is 0 Å². The Kier molecular flexibility index (Phi) is 3.02. The second-order valence-corrected chi connectivity index (χ2v) is 5.93. The van der Waals surface area contributed by atoms with Gasteiger partial charge in [-0.2, -0.15) is 5.10 Å². The Balaban J connectivity index is 2.25. The monoisotopic (exact) mass is 280 g/mol. The van der Waals surface area contributed by atoms with Gasteiger partial charge in [0.25, 0.3) is 0 Å². The van der Waals surface area contributed by atoms with Crippen molar-refractivity contribution in [3.8, 4) is 0 Å². The van der Waals surface area contributed by atoms with E-state index in [1.54, 1.807) is 0 Å². The lowest BCUT2D eigenvalue weighted by Crippen LogP contribution is -2.39. The number of imidazole rings is 1. The molecular weight excluding hydrogens is 260 g/mol. The average Bonchev–Trinajstić information content (AvgIpc) is 2.87. The van der Waals surface area contributed by atoms with Crippen LogP contribution in [0.2, 0.25) is 0 Å². The summed E-state index contributed by atoms with van der Waals surface area (Å²) in [6.45, 7) is 5.89. The van der Waals surface area contributed by atoms with Crippen LogP contribution < -0.4 is 0 Å². The van der Waals surface area contributed by atoms with Crippen LogP contribution in [0.25, 0.3) is 11.2 Å². The first-order valence-corrected chi connectivity index (χ1v) is 7.22. The molecule has 1 saturated heterocycles. The Morgan fingerprint density at radius 1 is 1.53 bits per heavy atom. The summed E-state index contributed by atoms with van der Waals surface area (Å²) in [5, 5.41) is 4.57. The summed E-state index contributed by atoms with van der Waals surface area (Å²) in [6.07, 6.45) is 3.06. The van der Waals surface area contributed by atoms with E-state index < -0.39 is 0 Å². The number of fused-ring (bicyclic) bond motifs is 1. The standard InChI is InChI=1S/C13H20N4OS/c1-4-9-10-11(16(3)15-9)17(12(19)14-10)13(2)6-5-7-18-8-13/h4-8H2,1-3H3,(H,14,19). The summed E-state index contributed by atoms with van der Waals surface area (Å²) < 4.78 is 10.6. The fourth-order valence-corrected chi connectivity index (χ4v) is 3.47. The van der Waals surface area contributed by atoms with Gasteiger partial charge in [0.15, 0.2) is 10.4 Å². The zero-order valence-corrected chi connectivity index (χ0v) is 12.5. The van der Waals surface area contributed by atoms with Gasteiger partial charge in [-0.25, -0.2) is 0 Å². The second-order valence-electron chi connectivity index (χ2n) is 5.54. The first kappa shape index (κ1) is 12.9. The number of aryl methyl sites for hydroxylation is 2. The Labute approximate surface area is 117 Å². The van der Waals surface area contributed by atoms with Crippen molar-refractivity contribution < 1.29 is 4.74 Å². The van der Waals surface area contributed by atoms with Crippen molar-refractivity contribution in [1.82, 2.24) is 19.3 Å². The van der Waals surface area contributed by atoms with Crippen LogP contribution in [0.3, 0.4) is 0 Å². The number of rotatable bonds is 2. The molecule has 19 heavy (non-hydrogen) atoms. The molecule has 104 valence electrons. The van der Waals surface area contributed by atoms with Crippen molar-refractivity contribution in [3.63, 3.8) is 0 Å². The van der Waals surface area contributed by atoms with Gasteiger partial charge in [-0.1, -0.05) is 6.92 Å². The highest BCUT2D eigenvalue weighted by Crippen LogP contribution is 2.31. The molecule has 0 amide bonds. The zero-order valence-electron chi connectivity index (χ0n) is 11.7. The van der Waals surface area contributed by atoms with Crippen molar-refractivity contribution in [2.75, 3.05) is 13.2 Å². The van der Waals surface area contributed by atoms with Crippen molar-refractivity contribution in [3.05, 3.63) is 10.5 Å². The Morgan fingerprint density at radius 2 is 2.32 bits per heavy atom. The summed E-state index contributed by atoms with van der Waals surface area (Å²) in [5.74, 6) is 0. The minimum Gasteiger partial charge on any atom is -0.379 e. The number of hydrogen-bond acceptors (Lipinski definition) is 3. The van der Waals surface area contributed by atoms with Crippen LogP contribution in [-0.4, -0.2) is 32.5 Å². The van der Waals surface area contributed by atoms with Crippen LogP contribution in [0.5, 0.6) is 0 Å². The fourth-order valence-electron chi connectivity index (χ4n) is 3.06. The molecule has 2 aromatic rings. The number of nitrogens with zero attached hydrogens (tertiary/aromatic N) is 3. The molecule has 1 atom stereocenters. The Morgan fingerprint density at radius 3 is 2.95 bits per heavy atom. The third kappa shape index (κ3) is 1.85. The number of H-pyrrole nitrogens is 1. The van der Waals surface area contributed by atoms with E-state index in [0.717, 1.165) is 47.5 Å². The predicted molar refractivity (Wildman–Crippen MR) is 77.0 cm³/mol. The van der Waals surface area contributed by atoms with Gasteiger partial charge >= 0.3 is 0 Å². The minimum atomic E-state index is -0.0770. The maximum atomic E-state index is 5.68. The summed E-state index contributed by atoms with van der Waals surface area (Å²) in [7, 11) is 1.98. The highest BCUT2D eigenvalue weighted by atomic mass is 32.1. The number of aromatic nitrogens is 4. The van der Waals surface area contributed by atoms with Gasteiger partial charge in [-0.3, -0.25) is 9.25 Å². The molecule has 2 aromatic heterocycles. The van der Waals surface area contributed by atoms with Crippen molar-refractivity contribution >= 4 is 23.4 Å². The van der Waals surface area contributed by atoms with Gasteiger partial charge in [0.1, 0.15) is 5.52 Å². The van der Waals surface area contributed by atoms with Crippen molar-refractivity contribution in [2.45, 2.75) is 38.6 Å². The summed E-state index contributed by atoms with van der Waals surface area (Å²) in [6, 6.07) is 0. The first-order valence-electron chi connectivity index (χ1n) is 6.81. The Bertz CT molecular complexity index is 660. The Hall–Kier alpha value is -1.14. The van der Waals surface area contributed by atoms with Crippen LogP contribution in [0, 0.1) is 4.77 Å². The van der Waals surface area contributed by atoms with Crippen LogP contribution in [0.1, 0.15) is 32.4 Å². The third-order valence-electron chi connectivity index (χ3n) is 4.03. The maximum Gasteiger partial charge on any atom is 0.179 e. The fraction of sp³-hybridized carbons (Fsp3) is 0.692. The second kappa shape index (κ2) is 4.45. The van der Waals surface area contributed by atoms with E-state index in [-0.39, 0.29) is 5.54 Å². The molecule has 1 aliphatic rings. The third-order valence-corrected chi connectivity index (χ3v) is 4.31. The summed E-state index contributed by atoms with van der Waals surface area (Å²) in [5.41, 5.74) is 3.14. The quantitative estimate of drug-likeness (QED) is 0.860. The van der Waals surface area contributed by atoms with Gasteiger partial charge in [0.05, 0.1) is 17.8 Å². The molecule has 1 aliphatic heterocycles. The molecule has 0 aromatic carbocycles. The first-order chi connectivity index (χ1) is 9.07. The normalized spacial score (nSPS) is 24.2. The van der Waals surface area contributed by atoms with Gasteiger partial charge in [-0.05, 0) is 38.4 Å². The molecule has 0 saturated carbocycles. The molecule has 1 N–H and O–H groups in total. The molecule has 1 unspecified atom stereocenters. The maximum absolute atomic E-state index is 5.68. The van der Waals surface area contributed by atoms with Crippen LogP contribution in [0.4, 0.5) is 0 Å². The average molecular weight is 280 g/mol. The van der Waals surface area contributed by atoms with Gasteiger partial charge in [0.2, 0.25) is 0 Å². The lowest BCUT2D eigenvalue weighted by atomic mass is 9.94. The van der Waals surface area contributed by atoms with Crippen molar-refractivity contribution in [1.29, 1.82) is 0 Å². The lowest BCUT2D eigenvalue weighted by Gasteiger charge is -2.35. The highest BCUT2D eigenvalue weighted by molar-refractivity contribution is 7.71.